The molecule has 0 bridgehead atoms. The summed E-state index contributed by atoms with van der Waals surface area (Å²) in [6.45, 7) is 9.49. The van der Waals surface area contributed by atoms with E-state index in [1.54, 1.807) is 13.8 Å². The minimum atomic E-state index is -0.734. The Labute approximate surface area is 163 Å². The number of nitrogens with zero attached hydrogens (tertiary/aromatic N) is 3. The molecule has 0 aliphatic heterocycles. The minimum absolute atomic E-state index is 0.208. The van der Waals surface area contributed by atoms with E-state index < -0.39 is 11.6 Å². The van der Waals surface area contributed by atoms with Crippen LogP contribution in [0.2, 0.25) is 0 Å². The van der Waals surface area contributed by atoms with E-state index in [1.807, 2.05) is 25.1 Å². The molecule has 0 saturated heterocycles. The number of carbonyl (C=O) groups excluding carboxylic acids is 1. The van der Waals surface area contributed by atoms with E-state index in [-0.39, 0.29) is 11.4 Å². The topological polar surface area (TPSA) is 90.0 Å². The first-order valence-electron chi connectivity index (χ1n) is 9.69. The normalized spacial score (nSPS) is 12.3. The second-order valence-electron chi connectivity index (χ2n) is 6.87. The van der Waals surface area contributed by atoms with Gasteiger partial charge in [0.2, 0.25) is 5.91 Å². The van der Waals surface area contributed by atoms with Crippen LogP contribution in [0.25, 0.3) is 10.9 Å². The highest BCUT2D eigenvalue weighted by Gasteiger charge is 2.25. The molecule has 0 aliphatic rings. The summed E-state index contributed by atoms with van der Waals surface area (Å²) in [7, 11) is 0. The molecule has 2 heterocycles. The average Bonchev–Trinajstić information content (AvgIpc) is 3.08. The number of nitrogens with one attached hydrogen (secondary N) is 1. The van der Waals surface area contributed by atoms with Crippen LogP contribution < -0.4 is 10.9 Å². The largest absolute Gasteiger partial charge is 0.360 e. The van der Waals surface area contributed by atoms with Crippen molar-refractivity contribution in [2.24, 2.45) is 0 Å². The van der Waals surface area contributed by atoms with Gasteiger partial charge in [-0.15, -0.1) is 0 Å². The summed E-state index contributed by atoms with van der Waals surface area (Å²) < 4.78 is 6.39. The number of hydrogen-bond acceptors (Lipinski definition) is 5. The SMILES string of the molecule is CCc1cccc(CC)c1NC(=O)[C@@H](CC)n1nc(C)c2c(C)onc2c1=O. The Morgan fingerprint density at radius 3 is 2.39 bits per heavy atom. The van der Waals surface area contributed by atoms with E-state index in [4.69, 9.17) is 4.52 Å². The predicted molar refractivity (Wildman–Crippen MR) is 109 cm³/mol. The third-order valence-corrected chi connectivity index (χ3v) is 5.12. The molecule has 3 rings (SSSR count). The molecule has 1 N–H and O–H groups in total. The smallest absolute Gasteiger partial charge is 0.297 e. The monoisotopic (exact) mass is 382 g/mol. The van der Waals surface area contributed by atoms with E-state index in [0.29, 0.717) is 23.3 Å². The van der Waals surface area contributed by atoms with Crippen LogP contribution in [0.5, 0.6) is 0 Å². The summed E-state index contributed by atoms with van der Waals surface area (Å²) in [5.74, 6) is 0.290. The summed E-state index contributed by atoms with van der Waals surface area (Å²) in [6.07, 6.45) is 2.04. The second kappa shape index (κ2) is 7.96. The molecule has 1 amide bonds. The average molecular weight is 382 g/mol. The Balaban J connectivity index is 2.04. The van der Waals surface area contributed by atoms with Crippen LogP contribution in [0.4, 0.5) is 5.69 Å². The summed E-state index contributed by atoms with van der Waals surface area (Å²) >= 11 is 0. The summed E-state index contributed by atoms with van der Waals surface area (Å²) in [6, 6.07) is 5.28. The van der Waals surface area contributed by atoms with Gasteiger partial charge >= 0.3 is 0 Å². The number of hydrogen-bond donors (Lipinski definition) is 1. The Morgan fingerprint density at radius 2 is 1.82 bits per heavy atom. The Bertz CT molecular complexity index is 1060. The second-order valence-corrected chi connectivity index (χ2v) is 6.87. The van der Waals surface area contributed by atoms with Crippen molar-refractivity contribution in [1.82, 2.24) is 14.9 Å². The van der Waals surface area contributed by atoms with Gasteiger partial charge in [0.1, 0.15) is 11.8 Å². The molecular formula is C21H26N4O3. The predicted octanol–water partition coefficient (Wildman–Crippen LogP) is 3.72. The fraction of sp³-hybridized carbons (Fsp3) is 0.429. The van der Waals surface area contributed by atoms with Crippen molar-refractivity contribution in [3.63, 3.8) is 0 Å². The fourth-order valence-corrected chi connectivity index (χ4v) is 3.60. The van der Waals surface area contributed by atoms with Gasteiger partial charge in [0.25, 0.3) is 5.56 Å². The highest BCUT2D eigenvalue weighted by Crippen LogP contribution is 2.25. The Hall–Kier alpha value is -2.96. The lowest BCUT2D eigenvalue weighted by Gasteiger charge is -2.20. The number of aromatic nitrogens is 3. The fourth-order valence-electron chi connectivity index (χ4n) is 3.60. The lowest BCUT2D eigenvalue weighted by Crippen LogP contribution is -2.35. The first-order chi connectivity index (χ1) is 13.4. The van der Waals surface area contributed by atoms with Crippen LogP contribution in [0.3, 0.4) is 0 Å². The van der Waals surface area contributed by atoms with Crippen molar-refractivity contribution in [3.05, 3.63) is 51.1 Å². The maximum Gasteiger partial charge on any atom is 0.297 e. The molecule has 7 heteroatoms. The molecule has 0 radical (unpaired) electrons. The van der Waals surface area contributed by atoms with Crippen LogP contribution in [0.15, 0.2) is 27.5 Å². The number of fused-ring (bicyclic) bond motifs is 1. The van der Waals surface area contributed by atoms with E-state index in [1.165, 1.54) is 4.68 Å². The van der Waals surface area contributed by atoms with Crippen LogP contribution in [0.1, 0.15) is 55.8 Å². The van der Waals surface area contributed by atoms with Crippen molar-refractivity contribution in [2.45, 2.75) is 59.9 Å². The van der Waals surface area contributed by atoms with Crippen LogP contribution >= 0.6 is 0 Å². The minimum Gasteiger partial charge on any atom is -0.360 e. The van der Waals surface area contributed by atoms with Crippen molar-refractivity contribution in [1.29, 1.82) is 0 Å². The zero-order chi connectivity index (χ0) is 20.4. The summed E-state index contributed by atoms with van der Waals surface area (Å²) in [5.41, 5.74) is 3.38. The molecule has 28 heavy (non-hydrogen) atoms. The number of rotatable bonds is 6. The van der Waals surface area contributed by atoms with Gasteiger partial charge in [0, 0.05) is 5.69 Å². The maximum absolute atomic E-state index is 13.1. The maximum atomic E-state index is 13.1. The molecule has 1 aromatic carbocycles. The van der Waals surface area contributed by atoms with Crippen LogP contribution in [0, 0.1) is 13.8 Å². The highest BCUT2D eigenvalue weighted by molar-refractivity contribution is 5.95. The lowest BCUT2D eigenvalue weighted by molar-refractivity contribution is -0.119. The zero-order valence-corrected chi connectivity index (χ0v) is 17.0. The quantitative estimate of drug-likeness (QED) is 0.702. The standard InChI is InChI=1S/C21H26N4O3/c1-6-14-10-9-11-15(7-2)18(14)22-20(26)16(8-3)25-21(27)19-17(12(4)23-25)13(5)28-24-19/h9-11,16H,6-8H2,1-5H3,(H,22,26)/t16-/m1/s1. The number of amides is 1. The first kappa shape index (κ1) is 19.8. The zero-order valence-electron chi connectivity index (χ0n) is 17.0. The molecule has 148 valence electrons. The molecule has 3 aromatic rings. The third kappa shape index (κ3) is 3.32. The van der Waals surface area contributed by atoms with Crippen molar-refractivity contribution in [2.75, 3.05) is 5.32 Å². The van der Waals surface area contributed by atoms with Crippen LogP contribution in [-0.2, 0) is 17.6 Å². The number of carbonyl (C=O) groups is 1. The molecule has 0 spiro atoms. The van der Waals surface area contributed by atoms with E-state index >= 15 is 0 Å². The number of anilines is 1. The van der Waals surface area contributed by atoms with Gasteiger partial charge in [0.05, 0.1) is 11.1 Å². The molecular weight excluding hydrogens is 356 g/mol. The molecule has 0 fully saturated rings. The van der Waals surface area contributed by atoms with E-state index in [2.05, 4.69) is 29.4 Å². The molecule has 0 saturated carbocycles. The van der Waals surface area contributed by atoms with Gasteiger partial charge in [-0.2, -0.15) is 5.10 Å². The van der Waals surface area contributed by atoms with E-state index in [9.17, 15) is 9.59 Å². The van der Waals surface area contributed by atoms with Crippen LogP contribution in [-0.4, -0.2) is 20.8 Å². The molecule has 1 atom stereocenters. The molecule has 2 aromatic heterocycles. The number of para-hydroxylation sites is 1. The number of benzene rings is 1. The van der Waals surface area contributed by atoms with Gasteiger partial charge < -0.3 is 9.84 Å². The van der Waals surface area contributed by atoms with E-state index in [0.717, 1.165) is 29.7 Å². The third-order valence-electron chi connectivity index (χ3n) is 5.12. The summed E-state index contributed by atoms with van der Waals surface area (Å²) in [5, 5.41) is 11.9. The Kier molecular flexibility index (Phi) is 5.63. The van der Waals surface area contributed by atoms with Crippen molar-refractivity contribution < 1.29 is 9.32 Å². The van der Waals surface area contributed by atoms with Gasteiger partial charge in [0.15, 0.2) is 5.52 Å². The van der Waals surface area contributed by atoms with Crippen molar-refractivity contribution in [3.8, 4) is 0 Å². The van der Waals surface area contributed by atoms with Crippen molar-refractivity contribution >= 4 is 22.5 Å². The van der Waals surface area contributed by atoms with Gasteiger partial charge in [-0.1, -0.05) is 44.1 Å². The lowest BCUT2D eigenvalue weighted by atomic mass is 10.0. The van der Waals surface area contributed by atoms with Gasteiger partial charge in [-0.05, 0) is 44.2 Å². The first-order valence-corrected chi connectivity index (χ1v) is 9.69. The molecule has 0 aliphatic carbocycles. The van der Waals surface area contributed by atoms with Gasteiger partial charge in [-0.3, -0.25) is 9.59 Å². The number of aryl methyl sites for hydroxylation is 4. The highest BCUT2D eigenvalue weighted by atomic mass is 16.5. The van der Waals surface area contributed by atoms with Gasteiger partial charge in [-0.25, -0.2) is 4.68 Å². The summed E-state index contributed by atoms with van der Waals surface area (Å²) in [4.78, 5) is 26.0. The molecule has 7 nitrogen and oxygen atoms in total. The Morgan fingerprint density at radius 1 is 1.18 bits per heavy atom. The molecule has 0 unspecified atom stereocenters.